The van der Waals surface area contributed by atoms with Crippen molar-refractivity contribution in [1.29, 1.82) is 0 Å². The van der Waals surface area contributed by atoms with Gasteiger partial charge in [-0.2, -0.15) is 0 Å². The maximum absolute atomic E-state index is 12.9. The maximum Gasteiger partial charge on any atom is 0.274 e. The van der Waals surface area contributed by atoms with E-state index < -0.39 is 5.91 Å². The highest BCUT2D eigenvalue weighted by atomic mass is 35.5. The Bertz CT molecular complexity index is 915. The van der Waals surface area contributed by atoms with Crippen molar-refractivity contribution in [2.45, 2.75) is 6.92 Å². The number of hydrogen-bond acceptors (Lipinski definition) is 4. The van der Waals surface area contributed by atoms with Gasteiger partial charge >= 0.3 is 0 Å². The molecule has 1 heterocycles. The maximum atomic E-state index is 12.9. The summed E-state index contributed by atoms with van der Waals surface area (Å²) in [7, 11) is 0. The predicted molar refractivity (Wildman–Crippen MR) is 95.9 cm³/mol. The predicted octanol–water partition coefficient (Wildman–Crippen LogP) is 4.57. The van der Waals surface area contributed by atoms with Gasteiger partial charge in [-0.1, -0.05) is 17.7 Å². The average Bonchev–Trinajstić information content (AvgIpc) is 2.60. The molecule has 0 saturated heterocycles. The van der Waals surface area contributed by atoms with Crippen LogP contribution in [0.25, 0.3) is 0 Å². The molecule has 1 amide bonds. The first kappa shape index (κ1) is 16.9. The lowest BCUT2D eigenvalue weighted by molar-refractivity contribution is 0.102. The van der Waals surface area contributed by atoms with Crippen LogP contribution in [-0.2, 0) is 0 Å². The van der Waals surface area contributed by atoms with E-state index in [0.717, 1.165) is 11.3 Å². The Labute approximate surface area is 148 Å². The minimum absolute atomic E-state index is 0.182. The third-order valence-corrected chi connectivity index (χ3v) is 3.70. The number of anilines is 3. The van der Waals surface area contributed by atoms with Crippen LogP contribution in [0.3, 0.4) is 0 Å². The Morgan fingerprint density at radius 3 is 2.60 bits per heavy atom. The normalized spacial score (nSPS) is 10.4. The van der Waals surface area contributed by atoms with E-state index in [4.69, 9.17) is 11.6 Å². The van der Waals surface area contributed by atoms with Crippen molar-refractivity contribution < 1.29 is 9.18 Å². The largest absolute Gasteiger partial charge is 0.340 e. The summed E-state index contributed by atoms with van der Waals surface area (Å²) in [6.45, 7) is 1.93. The third-order valence-electron chi connectivity index (χ3n) is 3.46. The highest BCUT2D eigenvalue weighted by Crippen LogP contribution is 2.23. The number of benzene rings is 2. The van der Waals surface area contributed by atoms with Crippen LogP contribution in [0, 0.1) is 12.7 Å². The van der Waals surface area contributed by atoms with Gasteiger partial charge in [0.1, 0.15) is 23.7 Å². The molecule has 0 saturated carbocycles. The van der Waals surface area contributed by atoms with Gasteiger partial charge in [0.15, 0.2) is 0 Å². The van der Waals surface area contributed by atoms with E-state index in [1.807, 2.05) is 13.0 Å². The van der Waals surface area contributed by atoms with Crippen LogP contribution < -0.4 is 10.6 Å². The zero-order valence-electron chi connectivity index (χ0n) is 13.3. The fourth-order valence-corrected chi connectivity index (χ4v) is 2.32. The number of carbonyl (C=O) groups is 1. The monoisotopic (exact) mass is 356 g/mol. The number of aromatic nitrogens is 2. The quantitative estimate of drug-likeness (QED) is 0.718. The van der Waals surface area contributed by atoms with Gasteiger partial charge in [0.05, 0.1) is 0 Å². The molecule has 0 radical (unpaired) electrons. The average molecular weight is 357 g/mol. The van der Waals surface area contributed by atoms with Gasteiger partial charge < -0.3 is 10.6 Å². The van der Waals surface area contributed by atoms with Crippen molar-refractivity contribution in [1.82, 2.24) is 9.97 Å². The lowest BCUT2D eigenvalue weighted by Crippen LogP contribution is -2.14. The molecule has 0 fully saturated rings. The SMILES string of the molecule is Cc1ccc(Cl)cc1Nc1cc(C(=O)Nc2ccc(F)cc2)ncn1. The first-order valence-corrected chi connectivity index (χ1v) is 7.81. The molecule has 0 aliphatic heterocycles. The number of halogens is 2. The molecule has 2 N–H and O–H groups in total. The molecular weight excluding hydrogens is 343 g/mol. The zero-order valence-corrected chi connectivity index (χ0v) is 14.0. The first-order valence-electron chi connectivity index (χ1n) is 7.43. The van der Waals surface area contributed by atoms with Crippen molar-refractivity contribution >= 4 is 34.7 Å². The summed E-state index contributed by atoms with van der Waals surface area (Å²) in [4.78, 5) is 20.4. The molecule has 126 valence electrons. The smallest absolute Gasteiger partial charge is 0.274 e. The highest BCUT2D eigenvalue weighted by Gasteiger charge is 2.10. The van der Waals surface area contributed by atoms with Crippen LogP contribution in [0.1, 0.15) is 16.1 Å². The van der Waals surface area contributed by atoms with Crippen molar-refractivity contribution in [3.8, 4) is 0 Å². The van der Waals surface area contributed by atoms with E-state index in [1.165, 1.54) is 36.7 Å². The Morgan fingerprint density at radius 2 is 1.84 bits per heavy atom. The molecule has 5 nitrogen and oxygen atoms in total. The Balaban J connectivity index is 1.77. The molecule has 7 heteroatoms. The number of hydrogen-bond donors (Lipinski definition) is 2. The van der Waals surface area contributed by atoms with Gasteiger partial charge in [0.2, 0.25) is 0 Å². The molecule has 0 atom stereocenters. The molecule has 3 aromatic rings. The fraction of sp³-hybridized carbons (Fsp3) is 0.0556. The summed E-state index contributed by atoms with van der Waals surface area (Å²) in [5.74, 6) is -0.326. The number of carbonyl (C=O) groups excluding carboxylic acids is 1. The molecule has 0 unspecified atom stereocenters. The third kappa shape index (κ3) is 4.30. The molecule has 0 aliphatic carbocycles. The second-order valence-electron chi connectivity index (χ2n) is 5.33. The van der Waals surface area contributed by atoms with E-state index in [-0.39, 0.29) is 11.5 Å². The van der Waals surface area contributed by atoms with Gasteiger partial charge in [-0.25, -0.2) is 14.4 Å². The second-order valence-corrected chi connectivity index (χ2v) is 5.77. The summed E-state index contributed by atoms with van der Waals surface area (Å²) >= 11 is 6.00. The van der Waals surface area contributed by atoms with Crippen molar-refractivity contribution in [3.63, 3.8) is 0 Å². The summed E-state index contributed by atoms with van der Waals surface area (Å²) in [5, 5.41) is 6.36. The van der Waals surface area contributed by atoms with Crippen LogP contribution in [0.5, 0.6) is 0 Å². The van der Waals surface area contributed by atoms with Crippen LogP contribution in [0.15, 0.2) is 54.9 Å². The number of amides is 1. The van der Waals surface area contributed by atoms with Crippen LogP contribution in [0.2, 0.25) is 5.02 Å². The molecule has 0 spiro atoms. The van der Waals surface area contributed by atoms with Gasteiger partial charge in [0, 0.05) is 22.5 Å². The fourth-order valence-electron chi connectivity index (χ4n) is 2.15. The van der Waals surface area contributed by atoms with Gasteiger partial charge in [0.25, 0.3) is 5.91 Å². The molecule has 2 aromatic carbocycles. The number of aryl methyl sites for hydroxylation is 1. The van der Waals surface area contributed by atoms with Crippen LogP contribution >= 0.6 is 11.6 Å². The van der Waals surface area contributed by atoms with Gasteiger partial charge in [-0.05, 0) is 48.9 Å². The van der Waals surface area contributed by atoms with Gasteiger partial charge in [-0.15, -0.1) is 0 Å². The van der Waals surface area contributed by atoms with Gasteiger partial charge in [-0.3, -0.25) is 4.79 Å². The summed E-state index contributed by atoms with van der Waals surface area (Å²) in [6.07, 6.45) is 1.29. The van der Waals surface area contributed by atoms with E-state index in [2.05, 4.69) is 20.6 Å². The highest BCUT2D eigenvalue weighted by molar-refractivity contribution is 6.30. The van der Waals surface area contributed by atoms with Crippen LogP contribution in [-0.4, -0.2) is 15.9 Å². The topological polar surface area (TPSA) is 66.9 Å². The Kier molecular flexibility index (Phi) is 4.90. The second kappa shape index (κ2) is 7.27. The van der Waals surface area contributed by atoms with Crippen molar-refractivity contribution in [3.05, 3.63) is 77.0 Å². The first-order chi connectivity index (χ1) is 12.0. The zero-order chi connectivity index (χ0) is 17.8. The molecule has 25 heavy (non-hydrogen) atoms. The van der Waals surface area contributed by atoms with Crippen molar-refractivity contribution in [2.75, 3.05) is 10.6 Å². The minimum atomic E-state index is -0.417. The molecule has 3 rings (SSSR count). The standard InChI is InChI=1S/C18H14ClFN4O/c1-11-2-3-12(19)8-15(11)24-17-9-16(21-10-22-17)18(25)23-14-6-4-13(20)5-7-14/h2-10H,1H3,(H,23,25)(H,21,22,24). The lowest BCUT2D eigenvalue weighted by atomic mass is 10.2. The molecule has 0 aliphatic rings. The molecule has 1 aromatic heterocycles. The Hall–Kier alpha value is -2.99. The van der Waals surface area contributed by atoms with Crippen molar-refractivity contribution in [2.24, 2.45) is 0 Å². The number of nitrogens with one attached hydrogen (secondary N) is 2. The van der Waals surface area contributed by atoms with E-state index in [0.29, 0.717) is 16.5 Å². The van der Waals surface area contributed by atoms with E-state index in [1.54, 1.807) is 12.1 Å². The number of nitrogens with zero attached hydrogens (tertiary/aromatic N) is 2. The summed E-state index contributed by atoms with van der Waals surface area (Å²) in [6, 6.07) is 12.5. The summed E-state index contributed by atoms with van der Waals surface area (Å²) in [5.41, 5.74) is 2.43. The summed E-state index contributed by atoms with van der Waals surface area (Å²) < 4.78 is 12.9. The van der Waals surface area contributed by atoms with E-state index in [9.17, 15) is 9.18 Å². The number of rotatable bonds is 4. The molecule has 0 bridgehead atoms. The minimum Gasteiger partial charge on any atom is -0.340 e. The lowest BCUT2D eigenvalue weighted by Gasteiger charge is -2.10. The molecular formula is C18H14ClFN4O. The van der Waals surface area contributed by atoms with Crippen LogP contribution in [0.4, 0.5) is 21.6 Å². The Morgan fingerprint density at radius 1 is 1.08 bits per heavy atom. The van der Waals surface area contributed by atoms with E-state index >= 15 is 0 Å².